The standard InChI is InChI=1S/C15H34N2.GeH4/c1-5-16(6-2)14-12-10-9-11-13-15-17(7-3)8-4;/h5-15H2,1-4H3;1H4. The molecule has 0 fully saturated rings. The molecule has 0 aromatic carbocycles. The average Bonchev–Trinajstić information content (AvgIpc) is 2.37. The first kappa shape index (κ1) is 20.8. The van der Waals surface area contributed by atoms with Crippen LogP contribution < -0.4 is 0 Å². The van der Waals surface area contributed by atoms with Gasteiger partial charge in [-0.25, -0.2) is 0 Å². The van der Waals surface area contributed by atoms with Gasteiger partial charge in [-0.1, -0.05) is 47.0 Å². The summed E-state index contributed by atoms with van der Waals surface area (Å²) in [6.45, 7) is 16.4. The number of hydrogen-bond acceptors (Lipinski definition) is 2. The Kier molecular flexibility index (Phi) is 17.9. The number of nitrogens with zero attached hydrogens (tertiary/aromatic N) is 2. The molecule has 112 valence electrons. The van der Waals surface area contributed by atoms with E-state index >= 15 is 0 Å². The van der Waals surface area contributed by atoms with Gasteiger partial charge in [0.15, 0.2) is 0 Å². The molecule has 18 heavy (non-hydrogen) atoms. The van der Waals surface area contributed by atoms with Gasteiger partial charge in [-0.3, -0.25) is 0 Å². The van der Waals surface area contributed by atoms with Crippen LogP contribution in [0.4, 0.5) is 0 Å². The fourth-order valence-corrected chi connectivity index (χ4v) is 2.28. The minimum absolute atomic E-state index is 0. The van der Waals surface area contributed by atoms with Crippen molar-refractivity contribution in [1.29, 1.82) is 0 Å². The first-order chi connectivity index (χ1) is 8.28. The Hall–Kier alpha value is 0.463. The molecule has 0 unspecified atom stereocenters. The normalized spacial score (nSPS) is 11.0. The van der Waals surface area contributed by atoms with E-state index in [4.69, 9.17) is 0 Å². The van der Waals surface area contributed by atoms with Crippen LogP contribution in [0.3, 0.4) is 0 Å². The molecular formula is C15H38GeN2. The Morgan fingerprint density at radius 3 is 1.06 bits per heavy atom. The number of rotatable bonds is 12. The van der Waals surface area contributed by atoms with E-state index in [2.05, 4.69) is 37.5 Å². The van der Waals surface area contributed by atoms with E-state index in [0.717, 1.165) is 0 Å². The van der Waals surface area contributed by atoms with E-state index in [1.54, 1.807) is 0 Å². The van der Waals surface area contributed by atoms with Gasteiger partial charge < -0.3 is 9.80 Å². The third-order valence-corrected chi connectivity index (χ3v) is 3.74. The summed E-state index contributed by atoms with van der Waals surface area (Å²) < 4.78 is 0. The summed E-state index contributed by atoms with van der Waals surface area (Å²) in [5.41, 5.74) is 0. The van der Waals surface area contributed by atoms with Gasteiger partial charge in [-0.15, -0.1) is 0 Å². The van der Waals surface area contributed by atoms with Crippen LogP contribution in [0.2, 0.25) is 0 Å². The predicted octanol–water partition coefficient (Wildman–Crippen LogP) is 2.17. The fraction of sp³-hybridized carbons (Fsp3) is 1.00. The molecule has 0 saturated heterocycles. The van der Waals surface area contributed by atoms with Crippen LogP contribution in [0.25, 0.3) is 0 Å². The van der Waals surface area contributed by atoms with Crippen molar-refractivity contribution in [2.45, 2.75) is 59.8 Å². The molecule has 3 heteroatoms. The van der Waals surface area contributed by atoms with Crippen LogP contribution in [0.15, 0.2) is 0 Å². The Morgan fingerprint density at radius 2 is 0.778 bits per heavy atom. The maximum atomic E-state index is 2.52. The topological polar surface area (TPSA) is 6.48 Å². The molecule has 2 nitrogen and oxygen atoms in total. The van der Waals surface area contributed by atoms with Gasteiger partial charge in [-0.05, 0) is 52.1 Å². The van der Waals surface area contributed by atoms with Crippen molar-refractivity contribution in [2.24, 2.45) is 0 Å². The first-order valence-electron chi connectivity index (χ1n) is 7.73. The van der Waals surface area contributed by atoms with Crippen molar-refractivity contribution in [2.75, 3.05) is 39.3 Å². The predicted molar refractivity (Wildman–Crippen MR) is 90.0 cm³/mol. The van der Waals surface area contributed by atoms with Crippen molar-refractivity contribution < 1.29 is 0 Å². The van der Waals surface area contributed by atoms with Crippen LogP contribution in [-0.2, 0) is 0 Å². The molecule has 0 atom stereocenters. The van der Waals surface area contributed by atoms with Gasteiger partial charge in [0.05, 0.1) is 0 Å². The molecule has 0 aliphatic rings. The monoisotopic (exact) mass is 320 g/mol. The molecule has 0 radical (unpaired) electrons. The molecule has 0 aromatic rings. The zero-order chi connectivity index (χ0) is 12.9. The Labute approximate surface area is 126 Å². The van der Waals surface area contributed by atoms with E-state index < -0.39 is 0 Å². The van der Waals surface area contributed by atoms with E-state index in [9.17, 15) is 0 Å². The summed E-state index contributed by atoms with van der Waals surface area (Å²) >= 11 is 0. The van der Waals surface area contributed by atoms with Crippen LogP contribution in [0.1, 0.15) is 59.8 Å². The van der Waals surface area contributed by atoms with Gasteiger partial charge in [-0.2, -0.15) is 0 Å². The maximum absolute atomic E-state index is 2.52. The summed E-state index contributed by atoms with van der Waals surface area (Å²) in [5, 5.41) is 0. The summed E-state index contributed by atoms with van der Waals surface area (Å²) in [6.07, 6.45) is 7.01. The van der Waals surface area contributed by atoms with E-state index in [1.807, 2.05) is 0 Å². The summed E-state index contributed by atoms with van der Waals surface area (Å²) in [4.78, 5) is 5.05. The van der Waals surface area contributed by atoms with Gasteiger partial charge in [0.25, 0.3) is 0 Å². The second-order valence-corrected chi connectivity index (χ2v) is 4.82. The molecule has 0 aromatic heterocycles. The second kappa shape index (κ2) is 15.5. The van der Waals surface area contributed by atoms with E-state index in [1.165, 1.54) is 71.4 Å². The van der Waals surface area contributed by atoms with Crippen molar-refractivity contribution in [3.63, 3.8) is 0 Å². The molecule has 0 spiro atoms. The van der Waals surface area contributed by atoms with Gasteiger partial charge in [0.1, 0.15) is 0 Å². The molecule has 0 saturated carbocycles. The molecule has 0 rings (SSSR count). The summed E-state index contributed by atoms with van der Waals surface area (Å²) in [7, 11) is 0. The Morgan fingerprint density at radius 1 is 0.500 bits per heavy atom. The third kappa shape index (κ3) is 11.5. The van der Waals surface area contributed by atoms with Gasteiger partial charge >= 0.3 is 17.6 Å². The van der Waals surface area contributed by atoms with Crippen LogP contribution in [0, 0.1) is 0 Å². The Balaban J connectivity index is 0. The molecule has 0 aliphatic carbocycles. The quantitative estimate of drug-likeness (QED) is 0.402. The second-order valence-electron chi connectivity index (χ2n) is 4.82. The fourth-order valence-electron chi connectivity index (χ4n) is 2.28. The van der Waals surface area contributed by atoms with E-state index in [0.29, 0.717) is 0 Å². The van der Waals surface area contributed by atoms with Crippen molar-refractivity contribution in [3.8, 4) is 0 Å². The van der Waals surface area contributed by atoms with Crippen LogP contribution >= 0.6 is 0 Å². The molecule has 0 bridgehead atoms. The van der Waals surface area contributed by atoms with Crippen molar-refractivity contribution >= 4 is 17.6 Å². The summed E-state index contributed by atoms with van der Waals surface area (Å²) in [6, 6.07) is 0. The minimum atomic E-state index is 0. The zero-order valence-corrected chi connectivity index (χ0v) is 12.7. The summed E-state index contributed by atoms with van der Waals surface area (Å²) in [5.74, 6) is 0. The number of hydrogen-bond donors (Lipinski definition) is 0. The van der Waals surface area contributed by atoms with Crippen LogP contribution in [-0.4, -0.2) is 66.7 Å². The molecule has 0 aliphatic heterocycles. The first-order valence-corrected chi connectivity index (χ1v) is 7.73. The van der Waals surface area contributed by atoms with Crippen LogP contribution in [0.5, 0.6) is 0 Å². The third-order valence-electron chi connectivity index (χ3n) is 3.74. The molecular weight excluding hydrogens is 281 g/mol. The van der Waals surface area contributed by atoms with Gasteiger partial charge in [0.2, 0.25) is 0 Å². The SMILES string of the molecule is CCN(CC)CCCCCCCN(CC)CC.[GeH4]. The van der Waals surface area contributed by atoms with E-state index in [-0.39, 0.29) is 17.6 Å². The molecule has 0 amide bonds. The molecule has 0 N–H and O–H groups in total. The average molecular weight is 319 g/mol. The zero-order valence-electron chi connectivity index (χ0n) is 12.7. The van der Waals surface area contributed by atoms with Crippen molar-refractivity contribution in [1.82, 2.24) is 9.80 Å². The van der Waals surface area contributed by atoms with Gasteiger partial charge in [0, 0.05) is 0 Å². The Bertz CT molecular complexity index is 129. The van der Waals surface area contributed by atoms with Crippen molar-refractivity contribution in [3.05, 3.63) is 0 Å². The number of unbranched alkanes of at least 4 members (excludes halogenated alkanes) is 4. The molecule has 0 heterocycles.